The van der Waals surface area contributed by atoms with Crippen LogP contribution in [-0.2, 0) is 6.54 Å². The second-order valence-corrected chi connectivity index (χ2v) is 6.79. The van der Waals surface area contributed by atoms with E-state index < -0.39 is 0 Å². The highest BCUT2D eigenvalue weighted by atomic mass is 16.5. The number of nitrogens with zero attached hydrogens (tertiary/aromatic N) is 2. The van der Waals surface area contributed by atoms with Crippen LogP contribution in [0.25, 0.3) is 0 Å². The first kappa shape index (κ1) is 14.5. The third kappa shape index (κ3) is 4.96. The first-order valence-electron chi connectivity index (χ1n) is 7.32. The van der Waals surface area contributed by atoms with E-state index in [1.807, 2.05) is 13.0 Å². The second-order valence-electron chi connectivity index (χ2n) is 6.79. The third-order valence-electron chi connectivity index (χ3n) is 3.68. The lowest BCUT2D eigenvalue weighted by atomic mass is 9.95. The Morgan fingerprint density at radius 1 is 1.37 bits per heavy atom. The number of hydrogen-bond acceptors (Lipinski definition) is 4. The largest absolute Gasteiger partial charge is 0.360 e. The molecule has 0 atom stereocenters. The molecule has 0 bridgehead atoms. The molecule has 4 heteroatoms. The van der Waals surface area contributed by atoms with Gasteiger partial charge in [0.1, 0.15) is 0 Å². The molecule has 2 heterocycles. The summed E-state index contributed by atoms with van der Waals surface area (Å²) in [6.45, 7) is 13.0. The van der Waals surface area contributed by atoms with Crippen molar-refractivity contribution in [3.63, 3.8) is 0 Å². The van der Waals surface area contributed by atoms with Gasteiger partial charge in [-0.2, -0.15) is 0 Å². The second kappa shape index (κ2) is 6.06. The summed E-state index contributed by atoms with van der Waals surface area (Å²) in [5.41, 5.74) is 1.20. The van der Waals surface area contributed by atoms with Crippen LogP contribution in [0.2, 0.25) is 0 Å². The molecule has 0 aromatic carbocycles. The normalized spacial score (nSPS) is 18.9. The molecule has 4 nitrogen and oxygen atoms in total. The van der Waals surface area contributed by atoms with Crippen LogP contribution in [0.1, 0.15) is 45.1 Å². The van der Waals surface area contributed by atoms with Gasteiger partial charge in [0.15, 0.2) is 5.76 Å². The van der Waals surface area contributed by atoms with Crippen molar-refractivity contribution in [2.75, 3.05) is 19.6 Å². The van der Waals surface area contributed by atoms with Gasteiger partial charge >= 0.3 is 0 Å². The zero-order valence-electron chi connectivity index (χ0n) is 12.7. The van der Waals surface area contributed by atoms with Crippen molar-refractivity contribution < 1.29 is 4.52 Å². The molecule has 1 N–H and O–H groups in total. The molecule has 0 amide bonds. The molecule has 0 spiro atoms. The highest BCUT2D eigenvalue weighted by Gasteiger charge is 2.21. The average Bonchev–Trinajstić information content (AvgIpc) is 2.73. The van der Waals surface area contributed by atoms with Crippen LogP contribution < -0.4 is 5.32 Å². The van der Waals surface area contributed by atoms with E-state index in [0.717, 1.165) is 43.6 Å². The summed E-state index contributed by atoms with van der Waals surface area (Å²) >= 11 is 0. The fraction of sp³-hybridized carbons (Fsp3) is 0.800. The molecule has 1 aliphatic heterocycles. The van der Waals surface area contributed by atoms with E-state index in [0.29, 0.717) is 0 Å². The Hall–Kier alpha value is -0.870. The van der Waals surface area contributed by atoms with Gasteiger partial charge in [0.2, 0.25) is 0 Å². The Labute approximate surface area is 116 Å². The smallest absolute Gasteiger partial charge is 0.150 e. The van der Waals surface area contributed by atoms with E-state index in [2.05, 4.69) is 36.1 Å². The van der Waals surface area contributed by atoms with Crippen molar-refractivity contribution in [1.82, 2.24) is 15.4 Å². The van der Waals surface area contributed by atoms with Crippen molar-refractivity contribution in [3.8, 4) is 0 Å². The molecule has 0 saturated carbocycles. The minimum absolute atomic E-state index is 0.231. The SMILES string of the molecule is Cc1cc(CN2CCC(CNC(C)(C)C)CC2)on1. The quantitative estimate of drug-likeness (QED) is 0.908. The Morgan fingerprint density at radius 3 is 2.58 bits per heavy atom. The van der Waals surface area contributed by atoms with Gasteiger partial charge in [0.25, 0.3) is 0 Å². The van der Waals surface area contributed by atoms with Crippen molar-refractivity contribution in [3.05, 3.63) is 17.5 Å². The molecular formula is C15H27N3O. The molecule has 1 aliphatic rings. The van der Waals surface area contributed by atoms with E-state index in [4.69, 9.17) is 4.52 Å². The number of nitrogens with one attached hydrogen (secondary N) is 1. The maximum atomic E-state index is 5.28. The summed E-state index contributed by atoms with van der Waals surface area (Å²) in [6.07, 6.45) is 2.55. The van der Waals surface area contributed by atoms with E-state index in [9.17, 15) is 0 Å². The van der Waals surface area contributed by atoms with Gasteiger partial charge in [-0.15, -0.1) is 0 Å². The predicted molar refractivity (Wildman–Crippen MR) is 77.0 cm³/mol. The number of aryl methyl sites for hydroxylation is 1. The molecule has 0 aliphatic carbocycles. The highest BCUT2D eigenvalue weighted by Crippen LogP contribution is 2.19. The topological polar surface area (TPSA) is 41.3 Å². The summed E-state index contributed by atoms with van der Waals surface area (Å²) < 4.78 is 5.28. The molecule has 0 unspecified atom stereocenters. The van der Waals surface area contributed by atoms with Crippen LogP contribution >= 0.6 is 0 Å². The summed E-state index contributed by atoms with van der Waals surface area (Å²) in [6, 6.07) is 2.03. The van der Waals surface area contributed by atoms with Crippen molar-refractivity contribution >= 4 is 0 Å². The fourth-order valence-corrected chi connectivity index (χ4v) is 2.51. The number of rotatable bonds is 4. The first-order valence-corrected chi connectivity index (χ1v) is 7.32. The third-order valence-corrected chi connectivity index (χ3v) is 3.68. The van der Waals surface area contributed by atoms with Crippen LogP contribution in [0, 0.1) is 12.8 Å². The van der Waals surface area contributed by atoms with Gasteiger partial charge in [0.05, 0.1) is 12.2 Å². The maximum Gasteiger partial charge on any atom is 0.150 e. The van der Waals surface area contributed by atoms with Crippen LogP contribution in [-0.4, -0.2) is 35.2 Å². The van der Waals surface area contributed by atoms with E-state index >= 15 is 0 Å². The summed E-state index contributed by atoms with van der Waals surface area (Å²) in [5.74, 6) is 1.80. The van der Waals surface area contributed by atoms with Gasteiger partial charge in [-0.25, -0.2) is 0 Å². The van der Waals surface area contributed by atoms with Crippen molar-refractivity contribution in [2.24, 2.45) is 5.92 Å². The lowest BCUT2D eigenvalue weighted by Gasteiger charge is -2.33. The number of hydrogen-bond donors (Lipinski definition) is 1. The van der Waals surface area contributed by atoms with Gasteiger partial charge in [-0.05, 0) is 66.1 Å². The molecule has 1 fully saturated rings. The van der Waals surface area contributed by atoms with Gasteiger partial charge in [0, 0.05) is 11.6 Å². The maximum absolute atomic E-state index is 5.28. The molecule has 2 rings (SSSR count). The Balaban J connectivity index is 1.70. The zero-order valence-corrected chi connectivity index (χ0v) is 12.7. The van der Waals surface area contributed by atoms with Crippen LogP contribution in [0.5, 0.6) is 0 Å². The molecule has 1 saturated heterocycles. The lowest BCUT2D eigenvalue weighted by Crippen LogP contribution is -2.42. The van der Waals surface area contributed by atoms with Crippen molar-refractivity contribution in [1.29, 1.82) is 0 Å². The Bertz CT molecular complexity index is 386. The molecule has 0 radical (unpaired) electrons. The van der Waals surface area contributed by atoms with Crippen LogP contribution in [0.3, 0.4) is 0 Å². The lowest BCUT2D eigenvalue weighted by molar-refractivity contribution is 0.156. The minimum Gasteiger partial charge on any atom is -0.360 e. The number of piperidine rings is 1. The Kier molecular flexibility index (Phi) is 4.63. The summed E-state index contributed by atoms with van der Waals surface area (Å²) in [4.78, 5) is 2.47. The van der Waals surface area contributed by atoms with E-state index in [-0.39, 0.29) is 5.54 Å². The molecule has 108 valence electrons. The van der Waals surface area contributed by atoms with E-state index in [1.165, 1.54) is 12.8 Å². The molecule has 1 aromatic rings. The zero-order chi connectivity index (χ0) is 13.9. The summed E-state index contributed by atoms with van der Waals surface area (Å²) in [7, 11) is 0. The Morgan fingerprint density at radius 2 is 2.05 bits per heavy atom. The fourth-order valence-electron chi connectivity index (χ4n) is 2.51. The molecule has 19 heavy (non-hydrogen) atoms. The van der Waals surface area contributed by atoms with Gasteiger partial charge in [-0.1, -0.05) is 5.16 Å². The number of aromatic nitrogens is 1. The van der Waals surface area contributed by atoms with Crippen molar-refractivity contribution in [2.45, 2.75) is 52.6 Å². The average molecular weight is 265 g/mol. The van der Waals surface area contributed by atoms with Gasteiger partial charge in [-0.3, -0.25) is 4.90 Å². The number of likely N-dealkylation sites (tertiary alicyclic amines) is 1. The monoisotopic (exact) mass is 265 g/mol. The summed E-state index contributed by atoms with van der Waals surface area (Å²) in [5, 5.41) is 7.55. The molecular weight excluding hydrogens is 238 g/mol. The van der Waals surface area contributed by atoms with Crippen LogP contribution in [0.4, 0.5) is 0 Å². The standard InChI is InChI=1S/C15H27N3O/c1-12-9-14(19-17-12)11-18-7-5-13(6-8-18)10-16-15(2,3)4/h9,13,16H,5-8,10-11H2,1-4H3. The highest BCUT2D eigenvalue weighted by molar-refractivity contribution is 5.03. The minimum atomic E-state index is 0.231. The predicted octanol–water partition coefficient (Wildman–Crippen LogP) is 2.58. The first-order chi connectivity index (χ1) is 8.92. The van der Waals surface area contributed by atoms with E-state index in [1.54, 1.807) is 0 Å². The molecule has 1 aromatic heterocycles. The van der Waals surface area contributed by atoms with Crippen LogP contribution in [0.15, 0.2) is 10.6 Å². The van der Waals surface area contributed by atoms with Gasteiger partial charge < -0.3 is 9.84 Å².